The zero-order valence-corrected chi connectivity index (χ0v) is 15.4. The fourth-order valence-corrected chi connectivity index (χ4v) is 2.93. The second-order valence-electron chi connectivity index (χ2n) is 6.11. The number of rotatable bonds is 7. The van der Waals surface area contributed by atoms with Crippen LogP contribution in [-0.4, -0.2) is 48.2 Å². The van der Waals surface area contributed by atoms with E-state index in [4.69, 9.17) is 4.74 Å². The highest BCUT2D eigenvalue weighted by atomic mass is 16.5. The summed E-state index contributed by atoms with van der Waals surface area (Å²) in [6.45, 7) is 8.54. The third kappa shape index (κ3) is 4.00. The Morgan fingerprint density at radius 1 is 1.20 bits per heavy atom. The van der Waals surface area contributed by atoms with Crippen molar-refractivity contribution in [3.8, 4) is 5.75 Å². The van der Waals surface area contributed by atoms with Crippen molar-refractivity contribution < 1.29 is 19.1 Å². The molecule has 2 rings (SSSR count). The average Bonchev–Trinajstić information content (AvgIpc) is 2.60. The van der Waals surface area contributed by atoms with Crippen molar-refractivity contribution in [2.45, 2.75) is 46.6 Å². The Morgan fingerprint density at radius 2 is 1.88 bits per heavy atom. The van der Waals surface area contributed by atoms with Crippen LogP contribution in [0.2, 0.25) is 0 Å². The topological polar surface area (TPSA) is 66.9 Å². The van der Waals surface area contributed by atoms with E-state index in [0.29, 0.717) is 36.5 Å². The summed E-state index contributed by atoms with van der Waals surface area (Å²) in [5.41, 5.74) is 1.03. The SMILES string of the molecule is CCCC(=O)c1ccc2c(c1)N(CC(=O)N(CC)CC)C(=O)C(C)O2. The van der Waals surface area contributed by atoms with E-state index in [1.54, 1.807) is 30.0 Å². The monoisotopic (exact) mass is 346 g/mol. The predicted octanol–water partition coefficient (Wildman–Crippen LogP) is 2.65. The molecule has 1 atom stereocenters. The zero-order chi connectivity index (χ0) is 18.6. The summed E-state index contributed by atoms with van der Waals surface area (Å²) in [5, 5.41) is 0. The van der Waals surface area contributed by atoms with Gasteiger partial charge >= 0.3 is 0 Å². The maximum absolute atomic E-state index is 12.6. The molecule has 0 radical (unpaired) electrons. The van der Waals surface area contributed by atoms with Gasteiger partial charge in [0, 0.05) is 25.1 Å². The van der Waals surface area contributed by atoms with E-state index in [0.717, 1.165) is 6.42 Å². The summed E-state index contributed by atoms with van der Waals surface area (Å²) < 4.78 is 5.64. The third-order valence-electron chi connectivity index (χ3n) is 4.38. The lowest BCUT2D eigenvalue weighted by molar-refractivity contribution is -0.132. The van der Waals surface area contributed by atoms with E-state index in [1.807, 2.05) is 20.8 Å². The van der Waals surface area contributed by atoms with E-state index in [9.17, 15) is 14.4 Å². The molecule has 0 aromatic heterocycles. The van der Waals surface area contributed by atoms with E-state index in [2.05, 4.69) is 0 Å². The number of Topliss-reactive ketones (excluding diaryl/α,β-unsaturated/α-hetero) is 1. The molecule has 1 aliphatic heterocycles. The number of carbonyl (C=O) groups is 3. The molecule has 0 saturated carbocycles. The molecule has 1 unspecified atom stereocenters. The Morgan fingerprint density at radius 3 is 2.48 bits per heavy atom. The van der Waals surface area contributed by atoms with E-state index < -0.39 is 6.10 Å². The number of nitrogens with zero attached hydrogens (tertiary/aromatic N) is 2. The molecule has 0 N–H and O–H groups in total. The molecule has 0 aliphatic carbocycles. The van der Waals surface area contributed by atoms with Gasteiger partial charge in [-0.15, -0.1) is 0 Å². The number of hydrogen-bond donors (Lipinski definition) is 0. The van der Waals surface area contributed by atoms with Gasteiger partial charge in [0.2, 0.25) is 5.91 Å². The molecule has 136 valence electrons. The summed E-state index contributed by atoms with van der Waals surface area (Å²) in [4.78, 5) is 40.4. The molecule has 6 nitrogen and oxygen atoms in total. The Hall–Kier alpha value is -2.37. The van der Waals surface area contributed by atoms with Gasteiger partial charge < -0.3 is 9.64 Å². The lowest BCUT2D eigenvalue weighted by Gasteiger charge is -2.34. The number of amides is 2. The molecule has 1 aromatic rings. The first kappa shape index (κ1) is 19.0. The van der Waals surface area contributed by atoms with Crippen LogP contribution in [0.25, 0.3) is 0 Å². The van der Waals surface area contributed by atoms with Crippen molar-refractivity contribution in [2.24, 2.45) is 0 Å². The number of anilines is 1. The quantitative estimate of drug-likeness (QED) is 0.712. The van der Waals surface area contributed by atoms with Crippen LogP contribution in [-0.2, 0) is 9.59 Å². The van der Waals surface area contributed by atoms with Crippen LogP contribution >= 0.6 is 0 Å². The molecule has 0 saturated heterocycles. The molecular formula is C19H26N2O4. The summed E-state index contributed by atoms with van der Waals surface area (Å²) in [6, 6.07) is 5.08. The Kier molecular flexibility index (Phi) is 6.17. The number of ether oxygens (including phenoxy) is 1. The van der Waals surface area contributed by atoms with Crippen molar-refractivity contribution >= 4 is 23.3 Å². The lowest BCUT2D eigenvalue weighted by atomic mass is 10.0. The van der Waals surface area contributed by atoms with Crippen molar-refractivity contribution in [2.75, 3.05) is 24.5 Å². The van der Waals surface area contributed by atoms with Crippen LogP contribution in [0, 0.1) is 0 Å². The standard InChI is InChI=1S/C19H26N2O4/c1-5-8-16(22)14-9-10-17-15(11-14)21(19(24)13(4)25-17)12-18(23)20(6-2)7-3/h9-11,13H,5-8,12H2,1-4H3. The number of benzene rings is 1. The van der Waals surface area contributed by atoms with Gasteiger partial charge in [-0.05, 0) is 45.4 Å². The van der Waals surface area contributed by atoms with Crippen LogP contribution < -0.4 is 9.64 Å². The van der Waals surface area contributed by atoms with Crippen LogP contribution in [0.5, 0.6) is 5.75 Å². The summed E-state index contributed by atoms with van der Waals surface area (Å²) in [6.07, 6.45) is 0.545. The maximum atomic E-state index is 12.6. The number of fused-ring (bicyclic) bond motifs is 1. The number of carbonyl (C=O) groups excluding carboxylic acids is 3. The molecule has 0 spiro atoms. The zero-order valence-electron chi connectivity index (χ0n) is 15.4. The average molecular weight is 346 g/mol. The molecular weight excluding hydrogens is 320 g/mol. The fourth-order valence-electron chi connectivity index (χ4n) is 2.93. The van der Waals surface area contributed by atoms with Gasteiger partial charge in [-0.2, -0.15) is 0 Å². The third-order valence-corrected chi connectivity index (χ3v) is 4.38. The van der Waals surface area contributed by atoms with Crippen LogP contribution in [0.4, 0.5) is 5.69 Å². The van der Waals surface area contributed by atoms with Gasteiger partial charge in [0.25, 0.3) is 5.91 Å². The minimum Gasteiger partial charge on any atom is -0.479 e. The minimum absolute atomic E-state index is 0.0198. The maximum Gasteiger partial charge on any atom is 0.268 e. The van der Waals surface area contributed by atoms with Gasteiger partial charge in [0.1, 0.15) is 12.3 Å². The smallest absolute Gasteiger partial charge is 0.268 e. The first-order valence-electron chi connectivity index (χ1n) is 8.85. The summed E-state index contributed by atoms with van der Waals surface area (Å²) >= 11 is 0. The first-order chi connectivity index (χ1) is 11.9. The van der Waals surface area contributed by atoms with Crippen LogP contribution in [0.1, 0.15) is 50.9 Å². The lowest BCUT2D eigenvalue weighted by Crippen LogP contribution is -2.49. The molecule has 0 fully saturated rings. The second-order valence-corrected chi connectivity index (χ2v) is 6.11. The van der Waals surface area contributed by atoms with Crippen molar-refractivity contribution in [3.05, 3.63) is 23.8 Å². The van der Waals surface area contributed by atoms with Crippen LogP contribution in [0.15, 0.2) is 18.2 Å². The first-order valence-corrected chi connectivity index (χ1v) is 8.85. The van der Waals surface area contributed by atoms with Gasteiger partial charge in [-0.25, -0.2) is 0 Å². The largest absolute Gasteiger partial charge is 0.479 e. The predicted molar refractivity (Wildman–Crippen MR) is 96.1 cm³/mol. The Balaban J connectivity index is 2.36. The molecule has 0 bridgehead atoms. The van der Waals surface area contributed by atoms with E-state index >= 15 is 0 Å². The highest BCUT2D eigenvalue weighted by Gasteiger charge is 2.33. The number of likely N-dealkylation sites (N-methyl/N-ethyl adjacent to an activating group) is 1. The van der Waals surface area contributed by atoms with Gasteiger partial charge in [-0.1, -0.05) is 6.92 Å². The van der Waals surface area contributed by atoms with Crippen molar-refractivity contribution in [3.63, 3.8) is 0 Å². The Bertz CT molecular complexity index is 667. The second kappa shape index (κ2) is 8.14. The fraction of sp³-hybridized carbons (Fsp3) is 0.526. The molecule has 25 heavy (non-hydrogen) atoms. The molecule has 1 aromatic carbocycles. The molecule has 6 heteroatoms. The van der Waals surface area contributed by atoms with Crippen molar-refractivity contribution in [1.82, 2.24) is 4.90 Å². The summed E-state index contributed by atoms with van der Waals surface area (Å²) in [5.74, 6) is 0.149. The highest BCUT2D eigenvalue weighted by molar-refractivity contribution is 6.05. The normalized spacial score (nSPS) is 16.2. The number of hydrogen-bond acceptors (Lipinski definition) is 4. The van der Waals surface area contributed by atoms with Gasteiger partial charge in [0.15, 0.2) is 11.9 Å². The molecule has 1 aliphatic rings. The van der Waals surface area contributed by atoms with E-state index in [-0.39, 0.29) is 24.1 Å². The minimum atomic E-state index is -0.658. The highest BCUT2D eigenvalue weighted by Crippen LogP contribution is 2.35. The van der Waals surface area contributed by atoms with E-state index in [1.165, 1.54) is 4.90 Å². The summed E-state index contributed by atoms with van der Waals surface area (Å²) in [7, 11) is 0. The van der Waals surface area contributed by atoms with Gasteiger partial charge in [-0.3, -0.25) is 19.3 Å². The van der Waals surface area contributed by atoms with Gasteiger partial charge in [0.05, 0.1) is 5.69 Å². The van der Waals surface area contributed by atoms with Crippen LogP contribution in [0.3, 0.4) is 0 Å². The molecule has 2 amide bonds. The molecule has 1 heterocycles. The Labute approximate surface area is 148 Å². The number of ketones is 1. The van der Waals surface area contributed by atoms with Crippen molar-refractivity contribution in [1.29, 1.82) is 0 Å².